The Kier molecular flexibility index (Phi) is 10.5. The first-order valence-electron chi connectivity index (χ1n) is 14.0. The molecule has 240 valence electrons. The number of rotatable bonds is 10. The number of benzene rings is 3. The van der Waals surface area contributed by atoms with E-state index in [-0.39, 0.29) is 24.3 Å². The molecule has 4 aromatic rings. The molecule has 0 fully saturated rings. The van der Waals surface area contributed by atoms with Crippen LogP contribution in [0.5, 0.6) is 23.0 Å². The molecular formula is C33H29BrCl2N2O7S. The smallest absolute Gasteiger partial charge is 0.338 e. The summed E-state index contributed by atoms with van der Waals surface area (Å²) in [5, 5.41) is 0.934. The van der Waals surface area contributed by atoms with Crippen LogP contribution >= 0.6 is 50.5 Å². The van der Waals surface area contributed by atoms with Gasteiger partial charge in [0, 0.05) is 9.50 Å². The molecule has 0 unspecified atom stereocenters. The Bertz CT molecular complexity index is 2020. The summed E-state index contributed by atoms with van der Waals surface area (Å²) in [4.78, 5) is 32.5. The lowest BCUT2D eigenvalue weighted by molar-refractivity contribution is -0.139. The van der Waals surface area contributed by atoms with Crippen molar-refractivity contribution in [2.75, 3.05) is 27.9 Å². The molecule has 3 aromatic carbocycles. The molecule has 9 nitrogen and oxygen atoms in total. The fourth-order valence-electron chi connectivity index (χ4n) is 5.02. The SMILES string of the molecule is CCOC(=O)C1=C(C)N=c2s/c(=C\c3cc(Cl)c(OCc4ccc(Cl)cc4)c(OC)c3)c(=O)n2[C@H]1c1cc(OC)c(OC)cc1Br. The summed E-state index contributed by atoms with van der Waals surface area (Å²) in [5.41, 5.74) is 2.42. The molecule has 46 heavy (non-hydrogen) atoms. The predicted molar refractivity (Wildman–Crippen MR) is 181 cm³/mol. The van der Waals surface area contributed by atoms with E-state index in [4.69, 9.17) is 46.9 Å². The molecule has 0 bridgehead atoms. The molecule has 1 atom stereocenters. The number of hydrogen-bond donors (Lipinski definition) is 0. The van der Waals surface area contributed by atoms with Crippen LogP contribution in [0.15, 0.2) is 74.1 Å². The number of fused-ring (bicyclic) bond motifs is 1. The number of thiazole rings is 1. The van der Waals surface area contributed by atoms with E-state index < -0.39 is 12.0 Å². The summed E-state index contributed by atoms with van der Waals surface area (Å²) in [7, 11) is 4.56. The van der Waals surface area contributed by atoms with Crippen molar-refractivity contribution in [1.82, 2.24) is 4.57 Å². The number of carbonyl (C=O) groups is 1. The zero-order valence-electron chi connectivity index (χ0n) is 25.5. The van der Waals surface area contributed by atoms with E-state index in [9.17, 15) is 9.59 Å². The third-order valence-electron chi connectivity index (χ3n) is 7.16. The second-order valence-corrected chi connectivity index (χ2v) is 12.7. The summed E-state index contributed by atoms with van der Waals surface area (Å²) in [6, 6.07) is 13.3. The van der Waals surface area contributed by atoms with Crippen LogP contribution in [0.1, 0.15) is 36.6 Å². The van der Waals surface area contributed by atoms with Gasteiger partial charge in [0.25, 0.3) is 5.56 Å². The topological polar surface area (TPSA) is 97.6 Å². The number of esters is 1. The molecule has 13 heteroatoms. The Morgan fingerprint density at radius 2 is 1.70 bits per heavy atom. The van der Waals surface area contributed by atoms with Crippen LogP contribution in [0.3, 0.4) is 0 Å². The van der Waals surface area contributed by atoms with Crippen LogP contribution in [-0.2, 0) is 16.1 Å². The summed E-state index contributed by atoms with van der Waals surface area (Å²) in [6.45, 7) is 3.84. The molecule has 1 aliphatic rings. The minimum Gasteiger partial charge on any atom is -0.493 e. The Labute approximate surface area is 287 Å². The minimum atomic E-state index is -0.867. The summed E-state index contributed by atoms with van der Waals surface area (Å²) >= 11 is 17.5. The maximum absolute atomic E-state index is 14.2. The van der Waals surface area contributed by atoms with E-state index >= 15 is 0 Å². The number of hydrogen-bond acceptors (Lipinski definition) is 9. The van der Waals surface area contributed by atoms with Gasteiger partial charge in [0.15, 0.2) is 27.8 Å². The van der Waals surface area contributed by atoms with E-state index in [0.717, 1.165) is 5.56 Å². The quantitative estimate of drug-likeness (QED) is 0.172. The monoisotopic (exact) mass is 746 g/mol. The van der Waals surface area contributed by atoms with Crippen molar-refractivity contribution in [2.24, 2.45) is 4.99 Å². The number of aromatic nitrogens is 1. The predicted octanol–water partition coefficient (Wildman–Crippen LogP) is 6.47. The van der Waals surface area contributed by atoms with Crippen molar-refractivity contribution < 1.29 is 28.5 Å². The van der Waals surface area contributed by atoms with E-state index in [1.54, 1.807) is 56.3 Å². The molecule has 0 saturated carbocycles. The number of halogens is 3. The Hall–Kier alpha value is -3.77. The molecule has 0 spiro atoms. The Morgan fingerprint density at radius 3 is 2.35 bits per heavy atom. The molecule has 0 N–H and O–H groups in total. The lowest BCUT2D eigenvalue weighted by atomic mass is 9.95. The number of carbonyl (C=O) groups excluding carboxylic acids is 1. The van der Waals surface area contributed by atoms with Gasteiger partial charge in [-0.15, -0.1) is 0 Å². The van der Waals surface area contributed by atoms with Crippen LogP contribution in [0, 0.1) is 0 Å². The van der Waals surface area contributed by atoms with Gasteiger partial charge >= 0.3 is 5.97 Å². The highest BCUT2D eigenvalue weighted by Crippen LogP contribution is 2.41. The van der Waals surface area contributed by atoms with Gasteiger partial charge in [-0.2, -0.15) is 0 Å². The average molecular weight is 748 g/mol. The van der Waals surface area contributed by atoms with Gasteiger partial charge in [0.1, 0.15) is 6.61 Å². The highest BCUT2D eigenvalue weighted by molar-refractivity contribution is 9.10. The number of methoxy groups -OCH3 is 3. The summed E-state index contributed by atoms with van der Waals surface area (Å²) < 4.78 is 30.5. The van der Waals surface area contributed by atoms with Crippen molar-refractivity contribution >= 4 is 62.5 Å². The van der Waals surface area contributed by atoms with Gasteiger partial charge in [-0.3, -0.25) is 9.36 Å². The Balaban J connectivity index is 1.62. The first-order valence-corrected chi connectivity index (χ1v) is 16.3. The molecule has 0 amide bonds. The normalized spacial score (nSPS) is 14.4. The van der Waals surface area contributed by atoms with Crippen molar-refractivity contribution in [3.63, 3.8) is 0 Å². The van der Waals surface area contributed by atoms with Crippen molar-refractivity contribution in [3.8, 4) is 23.0 Å². The molecule has 2 heterocycles. The van der Waals surface area contributed by atoms with Crippen LogP contribution in [0.4, 0.5) is 0 Å². The number of allylic oxidation sites excluding steroid dienone is 1. The van der Waals surface area contributed by atoms with Gasteiger partial charge in [-0.05, 0) is 73.0 Å². The molecular weight excluding hydrogens is 719 g/mol. The van der Waals surface area contributed by atoms with Crippen LogP contribution in [0.2, 0.25) is 10.0 Å². The van der Waals surface area contributed by atoms with Crippen LogP contribution in [0.25, 0.3) is 6.08 Å². The lowest BCUT2D eigenvalue weighted by Gasteiger charge is -2.26. The molecule has 0 aliphatic carbocycles. The molecule has 0 saturated heterocycles. The summed E-state index contributed by atoms with van der Waals surface area (Å²) in [5.74, 6) is 1.10. The Morgan fingerprint density at radius 1 is 1.02 bits per heavy atom. The van der Waals surface area contributed by atoms with E-state index in [1.807, 2.05) is 12.1 Å². The van der Waals surface area contributed by atoms with E-state index in [0.29, 0.717) is 63.7 Å². The molecule has 5 rings (SSSR count). The minimum absolute atomic E-state index is 0.155. The van der Waals surface area contributed by atoms with Gasteiger partial charge in [-0.1, -0.05) is 62.6 Å². The fraction of sp³-hybridized carbons (Fsp3) is 0.242. The van der Waals surface area contributed by atoms with E-state index in [2.05, 4.69) is 20.9 Å². The maximum Gasteiger partial charge on any atom is 0.338 e. The first kappa shape index (κ1) is 33.6. The maximum atomic E-state index is 14.2. The molecule has 0 radical (unpaired) electrons. The average Bonchev–Trinajstić information content (AvgIpc) is 3.33. The number of nitrogens with zero attached hydrogens (tertiary/aromatic N) is 2. The highest BCUT2D eigenvalue weighted by Gasteiger charge is 2.35. The van der Waals surface area contributed by atoms with Crippen LogP contribution in [-0.4, -0.2) is 38.5 Å². The van der Waals surface area contributed by atoms with Crippen molar-refractivity contribution in [3.05, 3.63) is 111 Å². The first-order chi connectivity index (χ1) is 22.1. The largest absolute Gasteiger partial charge is 0.493 e. The number of ether oxygens (including phenoxy) is 5. The van der Waals surface area contributed by atoms with Gasteiger partial charge in [-0.25, -0.2) is 9.79 Å². The van der Waals surface area contributed by atoms with Gasteiger partial charge < -0.3 is 23.7 Å². The second kappa shape index (κ2) is 14.3. The highest BCUT2D eigenvalue weighted by atomic mass is 79.9. The van der Waals surface area contributed by atoms with Crippen molar-refractivity contribution in [1.29, 1.82) is 0 Å². The second-order valence-electron chi connectivity index (χ2n) is 9.98. The third kappa shape index (κ3) is 6.69. The zero-order valence-corrected chi connectivity index (χ0v) is 29.4. The van der Waals surface area contributed by atoms with Crippen molar-refractivity contribution in [2.45, 2.75) is 26.5 Å². The lowest BCUT2D eigenvalue weighted by Crippen LogP contribution is -2.40. The third-order valence-corrected chi connectivity index (χ3v) is 9.36. The van der Waals surface area contributed by atoms with E-state index in [1.165, 1.54) is 37.2 Å². The molecule has 1 aromatic heterocycles. The summed E-state index contributed by atoms with van der Waals surface area (Å²) in [6.07, 6.45) is 1.70. The molecule has 1 aliphatic heterocycles. The standard InChI is InChI=1S/C33H29BrCl2N2O7S/c1-6-44-32(40)28-17(2)37-33-38(29(28)21-14-24(41-3)25(42-4)15-22(21)34)31(39)27(46-33)13-19-11-23(36)30(26(12-19)43-5)45-16-18-7-9-20(35)10-8-18/h7-15,29H,6,16H2,1-5H3/b27-13-/t29-/m0/s1. The van der Waals surface area contributed by atoms with Gasteiger partial charge in [0.05, 0.1) is 54.8 Å². The fourth-order valence-corrected chi connectivity index (χ4v) is 7.00. The zero-order chi connectivity index (χ0) is 33.1. The van der Waals surface area contributed by atoms with Crippen LogP contribution < -0.4 is 33.8 Å². The van der Waals surface area contributed by atoms with Gasteiger partial charge in [0.2, 0.25) is 0 Å².